The molecule has 1 heteroatoms. The molecule has 0 N–H and O–H groups in total. The van der Waals surface area contributed by atoms with Crippen molar-refractivity contribution < 1.29 is 1.37 Å². The van der Waals surface area contributed by atoms with Crippen molar-refractivity contribution in [3.05, 3.63) is 12.2 Å². The van der Waals surface area contributed by atoms with Gasteiger partial charge in [-0.05, 0) is 19.2 Å². The fourth-order valence-electron chi connectivity index (χ4n) is 0.789. The average Bonchev–Trinajstić information content (AvgIpc) is 1.89. The lowest BCUT2D eigenvalue weighted by Gasteiger charge is -2.05. The first-order chi connectivity index (χ1) is 4.34. The monoisotopic (exact) mass is 108 g/mol. The number of rotatable bonds is 0. The average molecular weight is 108 g/mol. The van der Waals surface area contributed by atoms with Gasteiger partial charge in [0.1, 0.15) is 0 Å². The van der Waals surface area contributed by atoms with E-state index in [0.717, 1.165) is 12.8 Å². The van der Waals surface area contributed by atoms with Gasteiger partial charge in [-0.15, -0.1) is 0 Å². The molecule has 0 fully saturated rings. The smallest absolute Gasteiger partial charge is 0.0697 e. The summed E-state index contributed by atoms with van der Waals surface area (Å²) in [7, 11) is 0. The van der Waals surface area contributed by atoms with Crippen molar-refractivity contribution in [1.29, 1.82) is 5.26 Å². The number of allylic oxidation sites excluding steroid dienone is 2. The zero-order valence-electron chi connectivity index (χ0n) is 5.67. The minimum Gasteiger partial charge on any atom is -0.198 e. The number of hydrogen-bond donors (Lipinski definition) is 0. The van der Waals surface area contributed by atoms with Gasteiger partial charge >= 0.3 is 0 Å². The van der Waals surface area contributed by atoms with Crippen LogP contribution in [-0.4, -0.2) is 0 Å². The molecule has 0 saturated carbocycles. The lowest BCUT2D eigenvalue weighted by molar-refractivity contribution is 0.640. The van der Waals surface area contributed by atoms with E-state index in [-0.39, 0.29) is 12.3 Å². The van der Waals surface area contributed by atoms with E-state index in [1.165, 1.54) is 0 Å². The van der Waals surface area contributed by atoms with Crippen molar-refractivity contribution in [1.82, 2.24) is 0 Å². The summed E-state index contributed by atoms with van der Waals surface area (Å²) >= 11 is 0. The van der Waals surface area contributed by atoms with Gasteiger partial charge in [0.2, 0.25) is 0 Å². The molecule has 1 nitrogen and oxygen atoms in total. The second-order valence-corrected chi connectivity index (χ2v) is 1.90. The zero-order chi connectivity index (χ0) is 6.69. The van der Waals surface area contributed by atoms with Gasteiger partial charge in [0.05, 0.1) is 12.0 Å². The molecule has 1 aliphatic rings. The van der Waals surface area contributed by atoms with Gasteiger partial charge in [-0.25, -0.2) is 0 Å². The first kappa shape index (κ1) is 4.14. The van der Waals surface area contributed by atoms with E-state index in [2.05, 4.69) is 6.07 Å². The summed E-state index contributed by atoms with van der Waals surface area (Å²) in [4.78, 5) is 0. The van der Waals surface area contributed by atoms with Crippen LogP contribution in [0.4, 0.5) is 0 Å². The summed E-state index contributed by atoms with van der Waals surface area (Å²) < 4.78 is 7.36. The van der Waals surface area contributed by atoms with Crippen molar-refractivity contribution in [2.75, 3.05) is 0 Å². The Labute approximate surface area is 51.0 Å². The highest BCUT2D eigenvalue weighted by Crippen LogP contribution is 2.14. The molecule has 0 aromatic rings. The topological polar surface area (TPSA) is 23.8 Å². The first-order valence-electron chi connectivity index (χ1n) is 3.41. The Morgan fingerprint density at radius 3 is 3.25 bits per heavy atom. The third-order valence-corrected chi connectivity index (χ3v) is 1.25. The Kier molecular flexibility index (Phi) is 1.30. The van der Waals surface area contributed by atoms with E-state index in [1.807, 2.05) is 12.2 Å². The zero-order valence-corrected chi connectivity index (χ0v) is 4.67. The maximum Gasteiger partial charge on any atom is 0.0697 e. The summed E-state index contributed by atoms with van der Waals surface area (Å²) in [5, 5.41) is 8.44. The third-order valence-electron chi connectivity index (χ3n) is 1.25. The molecule has 0 aliphatic heterocycles. The summed E-state index contributed by atoms with van der Waals surface area (Å²) in [5.74, 6) is -0.154. The minimum atomic E-state index is -0.181. The predicted octanol–water partition coefficient (Wildman–Crippen LogP) is 1.87. The summed E-state index contributed by atoms with van der Waals surface area (Å²) in [6.07, 6.45) is 5.45. The molecule has 0 unspecified atom stereocenters. The molecular formula is C7H9N. The molecule has 0 saturated heterocycles. The molecule has 8 heavy (non-hydrogen) atoms. The Bertz CT molecular complexity index is 157. The highest BCUT2D eigenvalue weighted by Gasteiger charge is 2.04. The summed E-state index contributed by atoms with van der Waals surface area (Å²) in [5.41, 5.74) is 0. The largest absolute Gasteiger partial charge is 0.198 e. The lowest BCUT2D eigenvalue weighted by Crippen LogP contribution is -1.95. The van der Waals surface area contributed by atoms with E-state index in [0.29, 0.717) is 0 Å². The lowest BCUT2D eigenvalue weighted by atomic mass is 9.98. The standard InChI is InChI=1S/C7H9N/c8-6-7-4-2-1-3-5-7/h2,4,7H,1,3,5H2/t7-/m0/s1/i5D/t5-,7+/m1. The minimum absolute atomic E-state index is 0.154. The number of hydrogen-bond acceptors (Lipinski definition) is 1. The van der Waals surface area contributed by atoms with E-state index in [4.69, 9.17) is 6.63 Å². The first-order valence-corrected chi connectivity index (χ1v) is 2.83. The maximum atomic E-state index is 8.44. The van der Waals surface area contributed by atoms with E-state index >= 15 is 0 Å². The predicted molar refractivity (Wildman–Crippen MR) is 32.1 cm³/mol. The van der Waals surface area contributed by atoms with Crippen molar-refractivity contribution in [2.24, 2.45) is 5.92 Å². The van der Waals surface area contributed by atoms with Crippen molar-refractivity contribution in [3.8, 4) is 6.07 Å². The molecular weight excluding hydrogens is 98.1 g/mol. The van der Waals surface area contributed by atoms with E-state index in [1.54, 1.807) is 0 Å². The second kappa shape index (κ2) is 2.52. The van der Waals surface area contributed by atoms with Crippen LogP contribution in [0.25, 0.3) is 0 Å². The molecule has 0 heterocycles. The van der Waals surface area contributed by atoms with Crippen LogP contribution in [0.2, 0.25) is 0 Å². The second-order valence-electron chi connectivity index (χ2n) is 1.90. The summed E-state index contributed by atoms with van der Waals surface area (Å²) in [6.45, 7) is 0. The molecule has 1 aliphatic carbocycles. The Morgan fingerprint density at radius 2 is 2.75 bits per heavy atom. The van der Waals surface area contributed by atoms with Crippen LogP contribution in [0.5, 0.6) is 0 Å². The normalized spacial score (nSPS) is 38.1. The van der Waals surface area contributed by atoms with Crippen LogP contribution >= 0.6 is 0 Å². The Morgan fingerprint density at radius 1 is 1.88 bits per heavy atom. The van der Waals surface area contributed by atoms with Gasteiger partial charge in [0, 0.05) is 1.37 Å². The van der Waals surface area contributed by atoms with Gasteiger partial charge in [0.15, 0.2) is 0 Å². The molecule has 0 spiro atoms. The molecule has 0 bridgehead atoms. The van der Waals surface area contributed by atoms with Gasteiger partial charge in [0.25, 0.3) is 0 Å². The molecule has 0 radical (unpaired) electrons. The van der Waals surface area contributed by atoms with Crippen LogP contribution in [0, 0.1) is 17.2 Å². The van der Waals surface area contributed by atoms with Gasteiger partial charge in [-0.3, -0.25) is 0 Å². The van der Waals surface area contributed by atoms with Gasteiger partial charge < -0.3 is 0 Å². The fraction of sp³-hybridized carbons (Fsp3) is 0.571. The van der Waals surface area contributed by atoms with Crippen molar-refractivity contribution >= 4 is 0 Å². The van der Waals surface area contributed by atoms with Crippen molar-refractivity contribution in [2.45, 2.75) is 19.2 Å². The molecule has 2 atom stereocenters. The van der Waals surface area contributed by atoms with Crippen LogP contribution in [0.3, 0.4) is 0 Å². The Balaban J connectivity index is 2.59. The molecule has 0 aromatic heterocycles. The molecule has 0 amide bonds. The molecule has 1 rings (SSSR count). The van der Waals surface area contributed by atoms with Crippen LogP contribution < -0.4 is 0 Å². The van der Waals surface area contributed by atoms with Gasteiger partial charge in [-0.1, -0.05) is 12.2 Å². The number of nitrogens with zero attached hydrogens (tertiary/aromatic N) is 1. The van der Waals surface area contributed by atoms with Gasteiger partial charge in [-0.2, -0.15) is 5.26 Å². The maximum absolute atomic E-state index is 8.44. The van der Waals surface area contributed by atoms with Crippen molar-refractivity contribution in [3.63, 3.8) is 0 Å². The van der Waals surface area contributed by atoms with E-state index in [9.17, 15) is 0 Å². The quantitative estimate of drug-likeness (QED) is 0.434. The highest BCUT2D eigenvalue weighted by molar-refractivity contribution is 5.02. The van der Waals surface area contributed by atoms with Crippen LogP contribution in [0.1, 0.15) is 20.6 Å². The third kappa shape index (κ3) is 1.10. The summed E-state index contributed by atoms with van der Waals surface area (Å²) in [6, 6.07) is 2.08. The fourth-order valence-corrected chi connectivity index (χ4v) is 0.789. The SMILES string of the molecule is [2H][C@@H]1CCC=C[C@@H]1C#N. The van der Waals surface area contributed by atoms with E-state index < -0.39 is 0 Å². The molecule has 42 valence electrons. The Hall–Kier alpha value is -0.770. The molecule has 0 aromatic carbocycles. The van der Waals surface area contributed by atoms with Crippen LogP contribution in [-0.2, 0) is 0 Å². The van der Waals surface area contributed by atoms with Crippen LogP contribution in [0.15, 0.2) is 12.2 Å². The number of nitriles is 1. The highest BCUT2D eigenvalue weighted by atomic mass is 14.3.